The molecule has 0 radical (unpaired) electrons. The molecule has 0 saturated heterocycles. The van der Waals surface area contributed by atoms with E-state index >= 15 is 0 Å². The van der Waals surface area contributed by atoms with Crippen LogP contribution in [-0.4, -0.2) is 26.3 Å². The SMILES string of the molecule is CCc1nc(N)c(C#N)c(-c2cc(OC)c(OC)c(OC)c2)c1C. The van der Waals surface area contributed by atoms with Crippen LogP contribution in [0.25, 0.3) is 11.1 Å². The van der Waals surface area contributed by atoms with Crippen LogP contribution in [0.2, 0.25) is 0 Å². The molecule has 0 amide bonds. The van der Waals surface area contributed by atoms with Crippen molar-refractivity contribution in [3.8, 4) is 34.4 Å². The summed E-state index contributed by atoms with van der Waals surface area (Å²) >= 11 is 0. The number of hydrogen-bond acceptors (Lipinski definition) is 6. The third-order valence-electron chi connectivity index (χ3n) is 3.97. The van der Waals surface area contributed by atoms with E-state index in [9.17, 15) is 5.26 Å². The first-order valence-corrected chi connectivity index (χ1v) is 7.51. The molecular formula is C18H21N3O3. The lowest BCUT2D eigenvalue weighted by Gasteiger charge is -2.17. The number of nitrogens with two attached hydrogens (primary N) is 1. The van der Waals surface area contributed by atoms with Gasteiger partial charge in [-0.05, 0) is 36.6 Å². The normalized spacial score (nSPS) is 10.2. The molecule has 0 aliphatic heterocycles. The molecule has 0 fully saturated rings. The Labute approximate surface area is 141 Å². The number of nitrogen functional groups attached to an aromatic ring is 1. The molecule has 6 heteroatoms. The number of anilines is 1. The number of pyridine rings is 1. The van der Waals surface area contributed by atoms with Gasteiger partial charge in [0.25, 0.3) is 0 Å². The first-order chi connectivity index (χ1) is 11.5. The largest absolute Gasteiger partial charge is 0.493 e. The van der Waals surface area contributed by atoms with Crippen LogP contribution >= 0.6 is 0 Å². The second kappa shape index (κ2) is 7.09. The Bertz CT molecular complexity index is 784. The predicted octanol–water partition coefficient (Wildman–Crippen LogP) is 3.10. The molecule has 126 valence electrons. The van der Waals surface area contributed by atoms with E-state index in [2.05, 4.69) is 11.1 Å². The maximum atomic E-state index is 9.55. The van der Waals surface area contributed by atoms with Crippen molar-refractivity contribution in [1.82, 2.24) is 4.98 Å². The summed E-state index contributed by atoms with van der Waals surface area (Å²) in [5, 5.41) is 9.55. The van der Waals surface area contributed by atoms with Gasteiger partial charge < -0.3 is 19.9 Å². The van der Waals surface area contributed by atoms with E-state index in [0.717, 1.165) is 28.8 Å². The van der Waals surface area contributed by atoms with E-state index in [1.807, 2.05) is 26.0 Å². The second-order valence-electron chi connectivity index (χ2n) is 5.20. The van der Waals surface area contributed by atoms with Crippen molar-refractivity contribution >= 4 is 5.82 Å². The summed E-state index contributed by atoms with van der Waals surface area (Å²) < 4.78 is 16.2. The van der Waals surface area contributed by atoms with Crippen molar-refractivity contribution < 1.29 is 14.2 Å². The number of aromatic nitrogens is 1. The second-order valence-corrected chi connectivity index (χ2v) is 5.20. The molecule has 1 heterocycles. The van der Waals surface area contributed by atoms with E-state index in [1.165, 1.54) is 0 Å². The molecule has 1 aromatic carbocycles. The Morgan fingerprint density at radius 1 is 1.12 bits per heavy atom. The summed E-state index contributed by atoms with van der Waals surface area (Å²) in [5.41, 5.74) is 9.61. The van der Waals surface area contributed by atoms with Gasteiger partial charge in [0.1, 0.15) is 17.5 Å². The lowest BCUT2D eigenvalue weighted by atomic mass is 9.93. The van der Waals surface area contributed by atoms with Crippen molar-refractivity contribution in [2.24, 2.45) is 0 Å². The standard InChI is InChI=1S/C18H21N3O3/c1-6-13-10(2)16(12(9-19)18(20)21-13)11-7-14(22-3)17(24-5)15(8-11)23-4/h7-8H,6H2,1-5H3,(H2,20,21). The fourth-order valence-corrected chi connectivity index (χ4v) is 2.79. The summed E-state index contributed by atoms with van der Waals surface area (Å²) in [5.74, 6) is 1.76. The smallest absolute Gasteiger partial charge is 0.203 e. The highest BCUT2D eigenvalue weighted by Gasteiger charge is 2.20. The van der Waals surface area contributed by atoms with Gasteiger partial charge in [0.05, 0.1) is 21.3 Å². The third-order valence-corrected chi connectivity index (χ3v) is 3.97. The molecule has 0 unspecified atom stereocenters. The number of nitrogens with zero attached hydrogens (tertiary/aromatic N) is 2. The van der Waals surface area contributed by atoms with Gasteiger partial charge in [-0.1, -0.05) is 6.92 Å². The molecule has 6 nitrogen and oxygen atoms in total. The monoisotopic (exact) mass is 327 g/mol. The van der Waals surface area contributed by atoms with Crippen LogP contribution in [-0.2, 0) is 6.42 Å². The first kappa shape index (κ1) is 17.4. The van der Waals surface area contributed by atoms with E-state index in [0.29, 0.717) is 22.8 Å². The molecule has 0 saturated carbocycles. The zero-order valence-electron chi connectivity index (χ0n) is 14.6. The van der Waals surface area contributed by atoms with Crippen molar-refractivity contribution in [3.63, 3.8) is 0 Å². The molecule has 2 rings (SSSR count). The minimum Gasteiger partial charge on any atom is -0.493 e. The van der Waals surface area contributed by atoms with Crippen LogP contribution in [0.1, 0.15) is 23.7 Å². The molecule has 2 N–H and O–H groups in total. The van der Waals surface area contributed by atoms with Crippen LogP contribution in [0.3, 0.4) is 0 Å². The summed E-state index contributed by atoms with van der Waals surface area (Å²) in [6.45, 7) is 3.93. The maximum Gasteiger partial charge on any atom is 0.203 e. The zero-order chi connectivity index (χ0) is 17.9. The molecule has 2 aromatic rings. The van der Waals surface area contributed by atoms with Crippen LogP contribution in [0.5, 0.6) is 17.2 Å². The van der Waals surface area contributed by atoms with Crippen LogP contribution in [0.15, 0.2) is 12.1 Å². The molecule has 1 aromatic heterocycles. The van der Waals surface area contributed by atoms with Gasteiger partial charge in [-0.15, -0.1) is 0 Å². The number of aryl methyl sites for hydroxylation is 1. The minimum absolute atomic E-state index is 0.226. The number of ether oxygens (including phenoxy) is 3. The number of methoxy groups -OCH3 is 3. The average Bonchev–Trinajstić information content (AvgIpc) is 2.61. The third kappa shape index (κ3) is 2.81. The topological polar surface area (TPSA) is 90.4 Å². The lowest BCUT2D eigenvalue weighted by molar-refractivity contribution is 0.324. The number of rotatable bonds is 5. The molecule has 0 atom stereocenters. The van der Waals surface area contributed by atoms with Crippen LogP contribution in [0.4, 0.5) is 5.82 Å². The number of hydrogen-bond donors (Lipinski definition) is 1. The van der Waals surface area contributed by atoms with Gasteiger partial charge in [-0.3, -0.25) is 0 Å². The number of benzene rings is 1. The van der Waals surface area contributed by atoms with Crippen molar-refractivity contribution in [1.29, 1.82) is 5.26 Å². The van der Waals surface area contributed by atoms with Gasteiger partial charge in [-0.25, -0.2) is 4.98 Å². The summed E-state index contributed by atoms with van der Waals surface area (Å²) in [6, 6.07) is 5.78. The Hall–Kier alpha value is -2.94. The van der Waals surface area contributed by atoms with Gasteiger partial charge in [-0.2, -0.15) is 5.26 Å². The van der Waals surface area contributed by atoms with Gasteiger partial charge in [0.15, 0.2) is 11.5 Å². The molecular weight excluding hydrogens is 306 g/mol. The van der Waals surface area contributed by atoms with Crippen molar-refractivity contribution in [2.75, 3.05) is 27.1 Å². The maximum absolute atomic E-state index is 9.55. The van der Waals surface area contributed by atoms with E-state index in [4.69, 9.17) is 19.9 Å². The summed E-state index contributed by atoms with van der Waals surface area (Å²) in [7, 11) is 4.65. The zero-order valence-corrected chi connectivity index (χ0v) is 14.6. The predicted molar refractivity (Wildman–Crippen MR) is 92.6 cm³/mol. The Morgan fingerprint density at radius 2 is 1.71 bits per heavy atom. The molecule has 0 aliphatic carbocycles. The molecule has 24 heavy (non-hydrogen) atoms. The number of nitriles is 1. The van der Waals surface area contributed by atoms with Crippen LogP contribution in [0, 0.1) is 18.3 Å². The highest BCUT2D eigenvalue weighted by atomic mass is 16.5. The molecule has 0 spiro atoms. The van der Waals surface area contributed by atoms with E-state index in [1.54, 1.807) is 21.3 Å². The summed E-state index contributed by atoms with van der Waals surface area (Å²) in [6.07, 6.45) is 0.721. The fourth-order valence-electron chi connectivity index (χ4n) is 2.79. The highest BCUT2D eigenvalue weighted by molar-refractivity contribution is 5.81. The van der Waals surface area contributed by atoms with Crippen LogP contribution < -0.4 is 19.9 Å². The lowest BCUT2D eigenvalue weighted by Crippen LogP contribution is -2.05. The Balaban J connectivity index is 2.86. The van der Waals surface area contributed by atoms with E-state index < -0.39 is 0 Å². The molecule has 0 bridgehead atoms. The Morgan fingerprint density at radius 3 is 2.12 bits per heavy atom. The fraction of sp³-hybridized carbons (Fsp3) is 0.333. The highest BCUT2D eigenvalue weighted by Crippen LogP contribution is 2.43. The van der Waals surface area contributed by atoms with Gasteiger partial charge in [0, 0.05) is 11.3 Å². The first-order valence-electron chi connectivity index (χ1n) is 7.51. The Kier molecular flexibility index (Phi) is 5.14. The van der Waals surface area contributed by atoms with Gasteiger partial charge in [0.2, 0.25) is 5.75 Å². The molecule has 0 aliphatic rings. The average molecular weight is 327 g/mol. The van der Waals surface area contributed by atoms with Crippen molar-refractivity contribution in [3.05, 3.63) is 29.0 Å². The quantitative estimate of drug-likeness (QED) is 0.907. The minimum atomic E-state index is 0.226. The van der Waals surface area contributed by atoms with Crippen molar-refractivity contribution in [2.45, 2.75) is 20.3 Å². The van der Waals surface area contributed by atoms with Gasteiger partial charge >= 0.3 is 0 Å². The van der Waals surface area contributed by atoms with E-state index in [-0.39, 0.29) is 5.82 Å². The summed E-state index contributed by atoms with van der Waals surface area (Å²) in [4.78, 5) is 4.34.